The summed E-state index contributed by atoms with van der Waals surface area (Å²) in [6.45, 7) is 9.48. The van der Waals surface area contributed by atoms with E-state index in [1.807, 2.05) is 4.68 Å². The second-order valence-electron chi connectivity index (χ2n) is 9.39. The number of piperidine rings is 1. The Morgan fingerprint density at radius 3 is 2.30 bits per heavy atom. The third-order valence-corrected chi connectivity index (χ3v) is 6.31. The Balaban J connectivity index is 1.36. The molecular formula is C25H31N3OS. The normalized spacial score (nSPS) is 16.1. The molecule has 2 aromatic carbocycles. The van der Waals surface area contributed by atoms with Crippen LogP contribution in [0.4, 0.5) is 0 Å². The molecule has 0 saturated carbocycles. The van der Waals surface area contributed by atoms with E-state index >= 15 is 0 Å². The number of hydrogen-bond donors (Lipinski definition) is 0. The van der Waals surface area contributed by atoms with Gasteiger partial charge in [0.25, 0.3) is 4.84 Å². The lowest BCUT2D eigenvalue weighted by Gasteiger charge is -2.31. The van der Waals surface area contributed by atoms with Gasteiger partial charge in [0.2, 0.25) is 5.89 Å². The van der Waals surface area contributed by atoms with Gasteiger partial charge in [0.1, 0.15) is 0 Å². The molecule has 0 aliphatic carbocycles. The van der Waals surface area contributed by atoms with Crippen molar-refractivity contribution in [2.24, 2.45) is 5.92 Å². The minimum atomic E-state index is 0.130. The molecule has 158 valence electrons. The smallest absolute Gasteiger partial charge is 0.288 e. The van der Waals surface area contributed by atoms with Crippen LogP contribution < -0.4 is 0 Å². The number of benzene rings is 2. The van der Waals surface area contributed by atoms with E-state index in [1.54, 1.807) is 0 Å². The summed E-state index contributed by atoms with van der Waals surface area (Å²) in [6, 6.07) is 19.2. The van der Waals surface area contributed by atoms with E-state index in [-0.39, 0.29) is 5.41 Å². The average molecular weight is 422 g/mol. The van der Waals surface area contributed by atoms with Crippen molar-refractivity contribution in [3.63, 3.8) is 0 Å². The molecule has 0 spiro atoms. The molecule has 1 saturated heterocycles. The minimum absolute atomic E-state index is 0.130. The van der Waals surface area contributed by atoms with Gasteiger partial charge in [0.15, 0.2) is 0 Å². The van der Waals surface area contributed by atoms with Gasteiger partial charge >= 0.3 is 0 Å². The first-order valence-electron chi connectivity index (χ1n) is 10.8. The topological polar surface area (TPSA) is 34.2 Å². The number of rotatable bonds is 5. The fourth-order valence-corrected chi connectivity index (χ4v) is 4.27. The van der Waals surface area contributed by atoms with Crippen LogP contribution in [0.1, 0.15) is 44.7 Å². The van der Waals surface area contributed by atoms with Crippen LogP contribution in [0, 0.1) is 10.8 Å². The minimum Gasteiger partial charge on any atom is -0.409 e. The largest absolute Gasteiger partial charge is 0.409 e. The zero-order chi connectivity index (χ0) is 21.1. The Labute approximate surface area is 184 Å². The Morgan fingerprint density at radius 1 is 1.00 bits per heavy atom. The van der Waals surface area contributed by atoms with Gasteiger partial charge in [-0.3, -0.25) is 4.90 Å². The molecule has 1 aliphatic rings. The van der Waals surface area contributed by atoms with Crippen molar-refractivity contribution in [2.45, 2.75) is 52.1 Å². The molecule has 0 amide bonds. The van der Waals surface area contributed by atoms with Crippen LogP contribution in [0.25, 0.3) is 11.5 Å². The summed E-state index contributed by atoms with van der Waals surface area (Å²) in [5, 5.41) is 4.66. The molecule has 0 radical (unpaired) electrons. The maximum Gasteiger partial charge on any atom is 0.288 e. The van der Waals surface area contributed by atoms with Gasteiger partial charge in [0, 0.05) is 18.7 Å². The lowest BCUT2D eigenvalue weighted by Crippen LogP contribution is -2.36. The first-order chi connectivity index (χ1) is 14.4. The fraction of sp³-hybridized carbons (Fsp3) is 0.440. The van der Waals surface area contributed by atoms with E-state index in [0.29, 0.717) is 17.4 Å². The molecule has 0 N–H and O–H groups in total. The summed E-state index contributed by atoms with van der Waals surface area (Å²) in [5.41, 5.74) is 3.83. The van der Waals surface area contributed by atoms with Crippen molar-refractivity contribution in [2.75, 3.05) is 13.1 Å². The fourth-order valence-electron chi connectivity index (χ4n) is 4.09. The van der Waals surface area contributed by atoms with Crippen molar-refractivity contribution >= 4 is 12.2 Å². The number of nitrogens with zero attached hydrogens (tertiary/aromatic N) is 3. The third-order valence-electron chi connectivity index (χ3n) is 6.01. The Bertz CT molecular complexity index is 1010. The zero-order valence-corrected chi connectivity index (χ0v) is 19.0. The molecule has 0 atom stereocenters. The molecular weight excluding hydrogens is 390 g/mol. The van der Waals surface area contributed by atoms with Crippen molar-refractivity contribution < 1.29 is 4.42 Å². The highest BCUT2D eigenvalue weighted by molar-refractivity contribution is 7.71. The summed E-state index contributed by atoms with van der Waals surface area (Å²) in [4.78, 5) is 2.86. The lowest BCUT2D eigenvalue weighted by atomic mass is 9.87. The second-order valence-corrected chi connectivity index (χ2v) is 9.74. The van der Waals surface area contributed by atoms with Crippen molar-refractivity contribution in [1.29, 1.82) is 0 Å². The van der Waals surface area contributed by atoms with Gasteiger partial charge in [-0.2, -0.15) is 0 Å². The monoisotopic (exact) mass is 421 g/mol. The summed E-state index contributed by atoms with van der Waals surface area (Å²) >= 11 is 5.44. The predicted octanol–water partition coefficient (Wildman–Crippen LogP) is 6.08. The van der Waals surface area contributed by atoms with E-state index in [9.17, 15) is 0 Å². The Hall–Kier alpha value is -2.24. The van der Waals surface area contributed by atoms with E-state index in [1.165, 1.54) is 30.4 Å². The summed E-state index contributed by atoms with van der Waals surface area (Å²) in [6.07, 6.45) is 3.59. The van der Waals surface area contributed by atoms with E-state index < -0.39 is 0 Å². The number of likely N-dealkylation sites (tertiary alicyclic amines) is 1. The number of hydrogen-bond acceptors (Lipinski definition) is 4. The highest BCUT2D eigenvalue weighted by Gasteiger charge is 2.21. The Morgan fingerprint density at radius 2 is 1.67 bits per heavy atom. The van der Waals surface area contributed by atoms with Gasteiger partial charge in [-0.15, -0.1) is 5.10 Å². The van der Waals surface area contributed by atoms with E-state index in [2.05, 4.69) is 85.4 Å². The molecule has 1 aliphatic heterocycles. The number of aromatic nitrogens is 2. The van der Waals surface area contributed by atoms with Gasteiger partial charge in [-0.05, 0) is 66.1 Å². The van der Waals surface area contributed by atoms with Crippen molar-refractivity contribution in [3.05, 3.63) is 70.6 Å². The molecule has 5 heteroatoms. The van der Waals surface area contributed by atoms with Crippen LogP contribution in [0.15, 0.2) is 59.0 Å². The third kappa shape index (κ3) is 5.08. The Kier molecular flexibility index (Phi) is 6.21. The molecule has 2 heterocycles. The van der Waals surface area contributed by atoms with Crippen LogP contribution >= 0.6 is 12.2 Å². The molecule has 1 fully saturated rings. The molecule has 4 rings (SSSR count). The SMILES string of the molecule is CC(C)(C)c1ccc(-c2nn(CN3CCC(Cc4ccccc4)CC3)c(=S)o2)cc1. The first-order valence-corrected chi connectivity index (χ1v) is 11.2. The molecule has 1 aromatic heterocycles. The van der Waals surface area contributed by atoms with Gasteiger partial charge < -0.3 is 4.42 Å². The summed E-state index contributed by atoms with van der Waals surface area (Å²) < 4.78 is 7.63. The maximum absolute atomic E-state index is 5.81. The van der Waals surface area contributed by atoms with Crippen LogP contribution in [0.5, 0.6) is 0 Å². The van der Waals surface area contributed by atoms with Gasteiger partial charge in [-0.1, -0.05) is 63.2 Å². The highest BCUT2D eigenvalue weighted by Crippen LogP contribution is 2.26. The predicted molar refractivity (Wildman–Crippen MR) is 124 cm³/mol. The lowest BCUT2D eigenvalue weighted by molar-refractivity contribution is 0.138. The van der Waals surface area contributed by atoms with Crippen LogP contribution in [-0.4, -0.2) is 27.8 Å². The molecule has 30 heavy (non-hydrogen) atoms. The molecule has 4 nitrogen and oxygen atoms in total. The molecule has 0 bridgehead atoms. The summed E-state index contributed by atoms with van der Waals surface area (Å²) in [7, 11) is 0. The highest BCUT2D eigenvalue weighted by atomic mass is 32.1. The second kappa shape index (κ2) is 8.86. The van der Waals surface area contributed by atoms with E-state index in [4.69, 9.17) is 16.6 Å². The van der Waals surface area contributed by atoms with Crippen molar-refractivity contribution in [1.82, 2.24) is 14.7 Å². The summed E-state index contributed by atoms with van der Waals surface area (Å²) in [5.74, 6) is 1.35. The van der Waals surface area contributed by atoms with Gasteiger partial charge in [0.05, 0.1) is 6.67 Å². The van der Waals surface area contributed by atoms with Crippen LogP contribution in [0.2, 0.25) is 0 Å². The van der Waals surface area contributed by atoms with Crippen molar-refractivity contribution in [3.8, 4) is 11.5 Å². The maximum atomic E-state index is 5.81. The van der Waals surface area contributed by atoms with E-state index in [0.717, 1.165) is 24.6 Å². The van der Waals surface area contributed by atoms with Crippen LogP contribution in [-0.2, 0) is 18.5 Å². The first kappa shape index (κ1) is 21.0. The average Bonchev–Trinajstić information content (AvgIpc) is 3.10. The quantitative estimate of drug-likeness (QED) is 0.467. The van der Waals surface area contributed by atoms with Crippen LogP contribution in [0.3, 0.4) is 0 Å². The zero-order valence-electron chi connectivity index (χ0n) is 18.2. The molecule has 0 unspecified atom stereocenters. The molecule has 3 aromatic rings. The standard InChI is InChI=1S/C25H31N3OS/c1-25(2,3)22-11-9-21(10-12-22)23-26-28(24(30)29-23)18-27-15-13-20(14-16-27)17-19-7-5-4-6-8-19/h4-12,20H,13-18H2,1-3H3. The van der Waals surface area contributed by atoms with Gasteiger partial charge in [-0.25, -0.2) is 4.68 Å².